The topological polar surface area (TPSA) is 42.7 Å². The average molecular weight is 262 g/mol. The van der Waals surface area contributed by atoms with Gasteiger partial charge >= 0.3 is 0 Å². The van der Waals surface area contributed by atoms with Gasteiger partial charge in [-0.25, -0.2) is 4.98 Å². The third-order valence-corrected chi connectivity index (χ3v) is 4.02. The van der Waals surface area contributed by atoms with Gasteiger partial charge in [0.05, 0.1) is 11.9 Å². The van der Waals surface area contributed by atoms with E-state index in [0.29, 0.717) is 6.04 Å². The Hall–Kier alpha value is -1.20. The molecule has 2 heterocycles. The van der Waals surface area contributed by atoms with E-state index in [2.05, 4.69) is 40.8 Å². The summed E-state index contributed by atoms with van der Waals surface area (Å²) in [6.45, 7) is 5.15. The maximum absolute atomic E-state index is 4.66. The van der Waals surface area contributed by atoms with Crippen LogP contribution in [0.5, 0.6) is 0 Å². The second kappa shape index (κ2) is 4.82. The average Bonchev–Trinajstić information content (AvgIpc) is 2.88. The second-order valence-electron chi connectivity index (χ2n) is 5.10. The number of rotatable bonds is 5. The summed E-state index contributed by atoms with van der Waals surface area (Å²) >= 11 is 1.70. The van der Waals surface area contributed by atoms with E-state index in [1.807, 2.05) is 10.9 Å². The van der Waals surface area contributed by atoms with Gasteiger partial charge in [0.25, 0.3) is 0 Å². The van der Waals surface area contributed by atoms with E-state index in [-0.39, 0.29) is 0 Å². The second-order valence-corrected chi connectivity index (χ2v) is 5.96. The Kier molecular flexibility index (Phi) is 3.18. The third kappa shape index (κ3) is 2.62. The highest BCUT2D eigenvalue weighted by molar-refractivity contribution is 7.13. The molecule has 0 unspecified atom stereocenters. The molecule has 0 aromatic carbocycles. The minimum absolute atomic E-state index is 0.398. The monoisotopic (exact) mass is 262 g/mol. The van der Waals surface area contributed by atoms with Gasteiger partial charge in [0.2, 0.25) is 0 Å². The maximum atomic E-state index is 4.66. The number of hydrogen-bond acceptors (Lipinski definition) is 4. The van der Waals surface area contributed by atoms with E-state index in [1.165, 1.54) is 12.8 Å². The first-order chi connectivity index (χ1) is 8.72. The Balaban J connectivity index is 1.70. The van der Waals surface area contributed by atoms with Crippen molar-refractivity contribution in [2.45, 2.75) is 45.3 Å². The minimum atomic E-state index is 0.398. The molecule has 1 N–H and O–H groups in total. The summed E-state index contributed by atoms with van der Waals surface area (Å²) in [6, 6.07) is 1.13. The molecule has 18 heavy (non-hydrogen) atoms. The van der Waals surface area contributed by atoms with E-state index in [0.717, 1.165) is 28.9 Å². The van der Waals surface area contributed by atoms with Gasteiger partial charge in [-0.15, -0.1) is 11.3 Å². The maximum Gasteiger partial charge on any atom is 0.126 e. The molecule has 0 bridgehead atoms. The first-order valence-corrected chi connectivity index (χ1v) is 7.32. The van der Waals surface area contributed by atoms with Crippen LogP contribution in [0.1, 0.15) is 38.4 Å². The summed E-state index contributed by atoms with van der Waals surface area (Å²) < 4.78 is 1.97. The zero-order valence-electron chi connectivity index (χ0n) is 10.8. The van der Waals surface area contributed by atoms with Crippen molar-refractivity contribution in [2.24, 2.45) is 0 Å². The molecule has 0 aliphatic heterocycles. The Bertz CT molecular complexity index is 525. The van der Waals surface area contributed by atoms with Crippen molar-refractivity contribution in [3.8, 4) is 10.6 Å². The van der Waals surface area contributed by atoms with E-state index >= 15 is 0 Å². The molecule has 0 radical (unpaired) electrons. The molecule has 0 spiro atoms. The van der Waals surface area contributed by atoms with Crippen molar-refractivity contribution in [1.82, 2.24) is 20.1 Å². The van der Waals surface area contributed by atoms with Crippen molar-refractivity contribution in [1.29, 1.82) is 0 Å². The van der Waals surface area contributed by atoms with Crippen LogP contribution in [0.2, 0.25) is 0 Å². The number of hydrogen-bond donors (Lipinski definition) is 1. The highest BCUT2D eigenvalue weighted by Gasteiger charge is 2.20. The lowest BCUT2D eigenvalue weighted by Crippen LogP contribution is -2.15. The van der Waals surface area contributed by atoms with Crippen LogP contribution in [0.25, 0.3) is 10.6 Å². The van der Waals surface area contributed by atoms with E-state index < -0.39 is 0 Å². The van der Waals surface area contributed by atoms with Gasteiger partial charge < -0.3 is 5.32 Å². The van der Waals surface area contributed by atoms with Crippen LogP contribution in [0.15, 0.2) is 17.8 Å². The Morgan fingerprint density at radius 2 is 2.33 bits per heavy atom. The van der Waals surface area contributed by atoms with Crippen molar-refractivity contribution >= 4 is 11.3 Å². The molecule has 5 heteroatoms. The Morgan fingerprint density at radius 1 is 1.50 bits per heavy atom. The van der Waals surface area contributed by atoms with Crippen molar-refractivity contribution in [3.05, 3.63) is 23.5 Å². The fourth-order valence-corrected chi connectivity index (χ4v) is 2.58. The lowest BCUT2D eigenvalue weighted by Gasteiger charge is -2.02. The van der Waals surface area contributed by atoms with Crippen LogP contribution in [0.3, 0.4) is 0 Å². The molecule has 0 saturated heterocycles. The van der Waals surface area contributed by atoms with E-state index in [4.69, 9.17) is 0 Å². The minimum Gasteiger partial charge on any atom is -0.308 e. The van der Waals surface area contributed by atoms with Gasteiger partial charge in [0.1, 0.15) is 5.01 Å². The third-order valence-electron chi connectivity index (χ3n) is 3.08. The summed E-state index contributed by atoms with van der Waals surface area (Å²) in [5.74, 6) is 0. The fourth-order valence-electron chi connectivity index (χ4n) is 1.79. The predicted octanol–water partition coefficient (Wildman–Crippen LogP) is 2.84. The first-order valence-electron chi connectivity index (χ1n) is 6.44. The molecular formula is C13H18N4S. The van der Waals surface area contributed by atoms with Gasteiger partial charge in [-0.05, 0) is 26.7 Å². The van der Waals surface area contributed by atoms with E-state index in [9.17, 15) is 0 Å². The lowest BCUT2D eigenvalue weighted by molar-refractivity contribution is 0.532. The quantitative estimate of drug-likeness (QED) is 0.901. The number of thiazole rings is 1. The molecule has 3 rings (SSSR count). The smallest absolute Gasteiger partial charge is 0.126 e. The summed E-state index contributed by atoms with van der Waals surface area (Å²) in [7, 11) is 0. The summed E-state index contributed by atoms with van der Waals surface area (Å²) in [5, 5.41) is 11.0. The highest BCUT2D eigenvalue weighted by Crippen LogP contribution is 2.25. The van der Waals surface area contributed by atoms with Crippen LogP contribution in [0, 0.1) is 0 Å². The molecule has 1 saturated carbocycles. The predicted molar refractivity (Wildman–Crippen MR) is 73.6 cm³/mol. The SMILES string of the molecule is CC(C)n1cc(-c2nc(CNC3CC3)cs2)cn1. The number of aromatic nitrogens is 3. The van der Waals surface area contributed by atoms with Crippen LogP contribution in [-0.4, -0.2) is 20.8 Å². The van der Waals surface area contributed by atoms with Gasteiger partial charge in [-0.3, -0.25) is 4.68 Å². The molecule has 4 nitrogen and oxygen atoms in total. The van der Waals surface area contributed by atoms with Gasteiger partial charge in [0, 0.05) is 35.8 Å². The zero-order valence-corrected chi connectivity index (χ0v) is 11.6. The molecule has 1 aliphatic carbocycles. The van der Waals surface area contributed by atoms with Gasteiger partial charge in [0.15, 0.2) is 0 Å². The molecule has 2 aromatic rings. The molecule has 1 fully saturated rings. The van der Waals surface area contributed by atoms with Crippen molar-refractivity contribution in [2.75, 3.05) is 0 Å². The van der Waals surface area contributed by atoms with Crippen LogP contribution in [-0.2, 0) is 6.54 Å². The van der Waals surface area contributed by atoms with Crippen molar-refractivity contribution < 1.29 is 0 Å². The lowest BCUT2D eigenvalue weighted by atomic mass is 10.3. The number of nitrogens with zero attached hydrogens (tertiary/aromatic N) is 3. The largest absolute Gasteiger partial charge is 0.308 e. The summed E-state index contributed by atoms with van der Waals surface area (Å²) in [4.78, 5) is 4.66. The first kappa shape index (κ1) is 11.9. The van der Waals surface area contributed by atoms with Gasteiger partial charge in [-0.2, -0.15) is 5.10 Å². The van der Waals surface area contributed by atoms with Crippen LogP contribution in [0.4, 0.5) is 0 Å². The van der Waals surface area contributed by atoms with Crippen LogP contribution >= 0.6 is 11.3 Å². The summed E-state index contributed by atoms with van der Waals surface area (Å²) in [6.07, 6.45) is 6.61. The normalized spacial score (nSPS) is 15.5. The Morgan fingerprint density at radius 3 is 3.00 bits per heavy atom. The molecular weight excluding hydrogens is 244 g/mol. The molecule has 0 amide bonds. The fraction of sp³-hybridized carbons (Fsp3) is 0.538. The van der Waals surface area contributed by atoms with Gasteiger partial charge in [-0.1, -0.05) is 0 Å². The van der Waals surface area contributed by atoms with Crippen LogP contribution < -0.4 is 5.32 Å². The molecule has 1 aliphatic rings. The molecule has 96 valence electrons. The highest BCUT2D eigenvalue weighted by atomic mass is 32.1. The van der Waals surface area contributed by atoms with E-state index in [1.54, 1.807) is 11.3 Å². The summed E-state index contributed by atoms with van der Waals surface area (Å²) in [5.41, 5.74) is 2.26. The Labute approximate surface area is 111 Å². The molecule has 0 atom stereocenters. The molecule has 2 aromatic heterocycles. The standard InChI is InChI=1S/C13H18N4S/c1-9(2)17-7-10(5-15-17)13-16-12(8-18-13)6-14-11-3-4-11/h5,7-9,11,14H,3-4,6H2,1-2H3. The van der Waals surface area contributed by atoms with Crippen molar-refractivity contribution in [3.63, 3.8) is 0 Å². The number of nitrogens with one attached hydrogen (secondary N) is 1. The zero-order chi connectivity index (χ0) is 12.5.